The van der Waals surface area contributed by atoms with Crippen molar-refractivity contribution in [3.05, 3.63) is 34.9 Å². The minimum absolute atomic E-state index is 0.147. The number of nitriles is 1. The summed E-state index contributed by atoms with van der Waals surface area (Å²) in [5.74, 6) is -0.902. The van der Waals surface area contributed by atoms with E-state index in [0.29, 0.717) is 17.2 Å². The van der Waals surface area contributed by atoms with Crippen LogP contribution in [0.3, 0.4) is 0 Å². The molecule has 1 rings (SSSR count). The lowest BCUT2D eigenvalue weighted by molar-refractivity contribution is -0.120. The van der Waals surface area contributed by atoms with Crippen LogP contribution in [0.25, 0.3) is 0 Å². The molecule has 1 atom stereocenters. The molecule has 0 saturated heterocycles. The summed E-state index contributed by atoms with van der Waals surface area (Å²) in [4.78, 5) is 11.7. The van der Waals surface area contributed by atoms with Gasteiger partial charge in [-0.3, -0.25) is 4.79 Å². The highest BCUT2D eigenvalue weighted by molar-refractivity contribution is 6.30. The lowest BCUT2D eigenvalue weighted by Crippen LogP contribution is -2.12. The third-order valence-electron chi connectivity index (χ3n) is 2.19. The van der Waals surface area contributed by atoms with Crippen molar-refractivity contribution in [3.63, 3.8) is 0 Å². The zero-order chi connectivity index (χ0) is 12.0. The van der Waals surface area contributed by atoms with E-state index in [1.807, 2.05) is 6.07 Å². The Hall–Kier alpha value is -1.37. The molecular formula is C12H12ClNO2. The third-order valence-corrected chi connectivity index (χ3v) is 2.42. The lowest BCUT2D eigenvalue weighted by atomic mass is 9.95. The summed E-state index contributed by atoms with van der Waals surface area (Å²) >= 11 is 5.81. The molecule has 0 spiro atoms. The standard InChI is InChI=1S/C12H12ClNO2/c1-16-6-5-12(15)11(8-14)9-3-2-4-10(13)7-9/h2-4,7,11H,5-6H2,1H3. The molecule has 0 radical (unpaired) electrons. The van der Waals surface area contributed by atoms with Crippen molar-refractivity contribution >= 4 is 17.4 Å². The van der Waals surface area contributed by atoms with Crippen molar-refractivity contribution in [2.75, 3.05) is 13.7 Å². The highest BCUT2D eigenvalue weighted by atomic mass is 35.5. The van der Waals surface area contributed by atoms with Gasteiger partial charge in [0, 0.05) is 18.6 Å². The highest BCUT2D eigenvalue weighted by Gasteiger charge is 2.19. The Morgan fingerprint density at radius 1 is 1.62 bits per heavy atom. The molecule has 0 N–H and O–H groups in total. The van der Waals surface area contributed by atoms with Crippen LogP contribution in [-0.2, 0) is 9.53 Å². The molecule has 0 aliphatic heterocycles. The molecule has 0 aliphatic rings. The monoisotopic (exact) mass is 237 g/mol. The summed E-state index contributed by atoms with van der Waals surface area (Å²) in [6.07, 6.45) is 0.237. The van der Waals surface area contributed by atoms with Crippen molar-refractivity contribution in [1.29, 1.82) is 5.26 Å². The van der Waals surface area contributed by atoms with E-state index in [4.69, 9.17) is 21.6 Å². The SMILES string of the molecule is COCCC(=O)C(C#N)c1cccc(Cl)c1. The van der Waals surface area contributed by atoms with E-state index in [2.05, 4.69) is 0 Å². The van der Waals surface area contributed by atoms with Gasteiger partial charge in [0.1, 0.15) is 5.92 Å². The Morgan fingerprint density at radius 3 is 2.94 bits per heavy atom. The molecule has 3 nitrogen and oxygen atoms in total. The number of carbonyl (C=O) groups is 1. The average Bonchev–Trinajstić information content (AvgIpc) is 2.27. The fourth-order valence-corrected chi connectivity index (χ4v) is 1.56. The minimum Gasteiger partial charge on any atom is -0.384 e. The van der Waals surface area contributed by atoms with Crippen LogP contribution in [0.15, 0.2) is 24.3 Å². The highest BCUT2D eigenvalue weighted by Crippen LogP contribution is 2.21. The summed E-state index contributed by atoms with van der Waals surface area (Å²) in [7, 11) is 1.52. The third kappa shape index (κ3) is 3.34. The predicted octanol–water partition coefficient (Wildman–Crippen LogP) is 2.55. The summed E-state index contributed by atoms with van der Waals surface area (Å²) in [5, 5.41) is 9.51. The number of benzene rings is 1. The predicted molar refractivity (Wildman–Crippen MR) is 61.3 cm³/mol. The molecule has 0 bridgehead atoms. The molecule has 16 heavy (non-hydrogen) atoms. The summed E-state index contributed by atoms with van der Waals surface area (Å²) < 4.78 is 4.81. The van der Waals surface area contributed by atoms with Gasteiger partial charge in [0.25, 0.3) is 0 Å². The molecule has 1 unspecified atom stereocenters. The number of methoxy groups -OCH3 is 1. The van der Waals surface area contributed by atoms with Crippen LogP contribution in [0.4, 0.5) is 0 Å². The number of carbonyl (C=O) groups excluding carboxylic acids is 1. The largest absolute Gasteiger partial charge is 0.384 e. The maximum absolute atomic E-state index is 11.7. The van der Waals surface area contributed by atoms with Crippen molar-refractivity contribution in [1.82, 2.24) is 0 Å². The molecule has 0 aliphatic carbocycles. The van der Waals surface area contributed by atoms with E-state index in [1.54, 1.807) is 24.3 Å². The van der Waals surface area contributed by atoms with Gasteiger partial charge < -0.3 is 4.74 Å². The molecular weight excluding hydrogens is 226 g/mol. The molecule has 0 saturated carbocycles. The fraction of sp³-hybridized carbons (Fsp3) is 0.333. The Morgan fingerprint density at radius 2 is 2.38 bits per heavy atom. The van der Waals surface area contributed by atoms with E-state index in [-0.39, 0.29) is 12.2 Å². The van der Waals surface area contributed by atoms with Crippen LogP contribution in [0.1, 0.15) is 17.9 Å². The van der Waals surface area contributed by atoms with Gasteiger partial charge in [-0.05, 0) is 17.7 Å². The van der Waals surface area contributed by atoms with Crippen molar-refractivity contribution in [3.8, 4) is 6.07 Å². The van der Waals surface area contributed by atoms with E-state index < -0.39 is 5.92 Å². The van der Waals surface area contributed by atoms with Crippen LogP contribution in [-0.4, -0.2) is 19.5 Å². The number of hydrogen-bond donors (Lipinski definition) is 0. The number of hydrogen-bond acceptors (Lipinski definition) is 3. The number of ether oxygens (including phenoxy) is 1. The summed E-state index contributed by atoms with van der Waals surface area (Å²) in [5.41, 5.74) is 0.635. The normalized spacial score (nSPS) is 11.8. The van der Waals surface area contributed by atoms with E-state index in [9.17, 15) is 4.79 Å². The Bertz CT molecular complexity index is 412. The molecule has 4 heteroatoms. The average molecular weight is 238 g/mol. The van der Waals surface area contributed by atoms with Crippen LogP contribution in [0.5, 0.6) is 0 Å². The van der Waals surface area contributed by atoms with Crippen molar-refractivity contribution < 1.29 is 9.53 Å². The molecule has 0 amide bonds. The van der Waals surface area contributed by atoms with Gasteiger partial charge >= 0.3 is 0 Å². The van der Waals surface area contributed by atoms with Crippen LogP contribution in [0.2, 0.25) is 5.02 Å². The van der Waals surface area contributed by atoms with Crippen molar-refractivity contribution in [2.45, 2.75) is 12.3 Å². The zero-order valence-electron chi connectivity index (χ0n) is 8.94. The Labute approximate surface area is 99.6 Å². The van der Waals surface area contributed by atoms with Gasteiger partial charge in [0.2, 0.25) is 0 Å². The lowest BCUT2D eigenvalue weighted by Gasteiger charge is -2.08. The first-order chi connectivity index (χ1) is 7.69. The first-order valence-corrected chi connectivity index (χ1v) is 5.23. The molecule has 1 aromatic rings. The van der Waals surface area contributed by atoms with Gasteiger partial charge in [-0.15, -0.1) is 0 Å². The second-order valence-electron chi connectivity index (χ2n) is 3.33. The molecule has 1 aromatic carbocycles. The molecule has 84 valence electrons. The number of Topliss-reactive ketones (excluding diaryl/α,β-unsaturated/α-hetero) is 1. The molecule has 0 aromatic heterocycles. The van der Waals surface area contributed by atoms with Crippen LogP contribution < -0.4 is 0 Å². The van der Waals surface area contributed by atoms with Gasteiger partial charge in [-0.2, -0.15) is 5.26 Å². The Kier molecular flexibility index (Phi) is 4.97. The van der Waals surface area contributed by atoms with E-state index in [1.165, 1.54) is 7.11 Å². The number of nitrogens with zero attached hydrogens (tertiary/aromatic N) is 1. The van der Waals surface area contributed by atoms with Crippen LogP contribution >= 0.6 is 11.6 Å². The fourth-order valence-electron chi connectivity index (χ4n) is 1.37. The van der Waals surface area contributed by atoms with E-state index in [0.717, 1.165) is 0 Å². The summed E-state index contributed by atoms with van der Waals surface area (Å²) in [6.45, 7) is 0.331. The molecule has 0 fully saturated rings. The van der Waals surface area contributed by atoms with Gasteiger partial charge in [0.15, 0.2) is 5.78 Å². The first kappa shape index (κ1) is 12.7. The first-order valence-electron chi connectivity index (χ1n) is 4.85. The summed E-state index contributed by atoms with van der Waals surface area (Å²) in [6, 6.07) is 8.79. The second-order valence-corrected chi connectivity index (χ2v) is 3.76. The maximum atomic E-state index is 11.7. The minimum atomic E-state index is -0.756. The van der Waals surface area contributed by atoms with Gasteiger partial charge in [-0.25, -0.2) is 0 Å². The number of ketones is 1. The quantitative estimate of drug-likeness (QED) is 0.791. The topological polar surface area (TPSA) is 50.1 Å². The number of rotatable bonds is 5. The van der Waals surface area contributed by atoms with Crippen molar-refractivity contribution in [2.24, 2.45) is 0 Å². The van der Waals surface area contributed by atoms with E-state index >= 15 is 0 Å². The van der Waals surface area contributed by atoms with Gasteiger partial charge in [0.05, 0.1) is 12.7 Å². The molecule has 0 heterocycles. The van der Waals surface area contributed by atoms with Crippen LogP contribution in [0, 0.1) is 11.3 Å². The Balaban J connectivity index is 2.83. The zero-order valence-corrected chi connectivity index (χ0v) is 9.70. The smallest absolute Gasteiger partial charge is 0.156 e. The van der Waals surface area contributed by atoms with Gasteiger partial charge in [-0.1, -0.05) is 23.7 Å². The maximum Gasteiger partial charge on any atom is 0.156 e. The second kappa shape index (κ2) is 6.26. The number of halogens is 1.